The molecule has 4 heteroatoms. The maximum atomic E-state index is 11.5. The fourth-order valence-corrected chi connectivity index (χ4v) is 2.02. The first-order valence-electron chi connectivity index (χ1n) is 7.29. The second-order valence-corrected chi connectivity index (χ2v) is 4.91. The lowest BCUT2D eigenvalue weighted by Crippen LogP contribution is -2.37. The number of ether oxygens (including phenoxy) is 1. The summed E-state index contributed by atoms with van der Waals surface area (Å²) in [6.45, 7) is 8.88. The number of aryl methyl sites for hydroxylation is 2. The van der Waals surface area contributed by atoms with Crippen LogP contribution in [-0.4, -0.2) is 32.3 Å². The van der Waals surface area contributed by atoms with Crippen LogP contribution in [0.2, 0.25) is 0 Å². The summed E-state index contributed by atoms with van der Waals surface area (Å²) in [6.07, 6.45) is 1.71. The predicted molar refractivity (Wildman–Crippen MR) is 82.1 cm³/mol. The third-order valence-corrected chi connectivity index (χ3v) is 3.13. The van der Waals surface area contributed by atoms with Gasteiger partial charge in [-0.3, -0.25) is 0 Å². The molecule has 0 aliphatic heterocycles. The molecule has 0 bridgehead atoms. The fraction of sp³-hybridized carbons (Fsp3) is 0.562. The molecule has 2 N–H and O–H groups in total. The average molecular weight is 278 g/mol. The molecule has 0 aliphatic rings. The van der Waals surface area contributed by atoms with Crippen molar-refractivity contribution in [3.63, 3.8) is 0 Å². The molecule has 0 aliphatic carbocycles. The van der Waals surface area contributed by atoms with Crippen LogP contribution in [0.15, 0.2) is 18.2 Å². The summed E-state index contributed by atoms with van der Waals surface area (Å²) in [5.74, 6) is 0. The van der Waals surface area contributed by atoms with Gasteiger partial charge in [0.15, 0.2) is 0 Å². The second kappa shape index (κ2) is 9.37. The van der Waals surface area contributed by atoms with E-state index >= 15 is 0 Å². The van der Waals surface area contributed by atoms with E-state index in [-0.39, 0.29) is 6.03 Å². The Hall–Kier alpha value is -1.55. The highest BCUT2D eigenvalue weighted by molar-refractivity contribution is 5.73. The molecule has 20 heavy (non-hydrogen) atoms. The first kappa shape index (κ1) is 16.5. The number of benzene rings is 1. The van der Waals surface area contributed by atoms with Crippen LogP contribution in [0.3, 0.4) is 0 Å². The Bertz CT molecular complexity index is 419. The quantitative estimate of drug-likeness (QED) is 0.718. The molecule has 1 rings (SSSR count). The number of amides is 2. The molecule has 4 nitrogen and oxygen atoms in total. The van der Waals surface area contributed by atoms with Crippen molar-refractivity contribution in [3.05, 3.63) is 34.9 Å². The molecule has 1 aromatic carbocycles. The molecular weight excluding hydrogens is 252 g/mol. The smallest absolute Gasteiger partial charge is 0.314 e. The van der Waals surface area contributed by atoms with Gasteiger partial charge in [0.05, 0.1) is 0 Å². The number of carbonyl (C=O) groups is 1. The fourth-order valence-electron chi connectivity index (χ4n) is 2.02. The SMILES string of the molecule is CCOCCCNC(=O)NCCc1ccc(C)cc1C. The van der Waals surface area contributed by atoms with Crippen molar-refractivity contribution in [2.45, 2.75) is 33.6 Å². The Kier molecular flexibility index (Phi) is 7.73. The lowest BCUT2D eigenvalue weighted by atomic mass is 10.0. The third-order valence-electron chi connectivity index (χ3n) is 3.13. The highest BCUT2D eigenvalue weighted by Gasteiger charge is 2.01. The molecule has 0 fully saturated rings. The zero-order valence-corrected chi connectivity index (χ0v) is 12.8. The van der Waals surface area contributed by atoms with Crippen molar-refractivity contribution in [2.24, 2.45) is 0 Å². The summed E-state index contributed by atoms with van der Waals surface area (Å²) >= 11 is 0. The van der Waals surface area contributed by atoms with Gasteiger partial charge in [0.2, 0.25) is 0 Å². The Morgan fingerprint density at radius 1 is 1.20 bits per heavy atom. The van der Waals surface area contributed by atoms with E-state index < -0.39 is 0 Å². The molecule has 0 heterocycles. The van der Waals surface area contributed by atoms with Gasteiger partial charge in [0, 0.05) is 26.3 Å². The van der Waals surface area contributed by atoms with Crippen LogP contribution in [0.4, 0.5) is 4.79 Å². The van der Waals surface area contributed by atoms with E-state index in [0.29, 0.717) is 19.7 Å². The molecule has 0 atom stereocenters. The minimum Gasteiger partial charge on any atom is -0.382 e. The normalized spacial score (nSPS) is 10.3. The topological polar surface area (TPSA) is 50.4 Å². The molecule has 1 aromatic rings. The number of hydrogen-bond donors (Lipinski definition) is 2. The Morgan fingerprint density at radius 2 is 1.95 bits per heavy atom. The van der Waals surface area contributed by atoms with Crippen LogP contribution in [-0.2, 0) is 11.2 Å². The summed E-state index contributed by atoms with van der Waals surface area (Å²) in [5.41, 5.74) is 3.84. The van der Waals surface area contributed by atoms with Crippen LogP contribution in [0.25, 0.3) is 0 Å². The molecule has 0 spiro atoms. The van der Waals surface area contributed by atoms with Crippen LogP contribution in [0.1, 0.15) is 30.0 Å². The molecule has 0 radical (unpaired) electrons. The summed E-state index contributed by atoms with van der Waals surface area (Å²) in [6, 6.07) is 6.30. The summed E-state index contributed by atoms with van der Waals surface area (Å²) in [4.78, 5) is 11.5. The standard InChI is InChI=1S/C16H26N2O2/c1-4-20-11-5-9-17-16(19)18-10-8-15-7-6-13(2)12-14(15)3/h6-7,12H,4-5,8-11H2,1-3H3,(H2,17,18,19). The van der Waals surface area contributed by atoms with Crippen LogP contribution < -0.4 is 10.6 Å². The molecule has 0 aromatic heterocycles. The van der Waals surface area contributed by atoms with Gasteiger partial charge >= 0.3 is 6.03 Å². The first-order chi connectivity index (χ1) is 9.63. The number of carbonyl (C=O) groups excluding carboxylic acids is 1. The largest absolute Gasteiger partial charge is 0.382 e. The van der Waals surface area contributed by atoms with Crippen molar-refractivity contribution < 1.29 is 9.53 Å². The molecule has 112 valence electrons. The lowest BCUT2D eigenvalue weighted by molar-refractivity contribution is 0.145. The maximum Gasteiger partial charge on any atom is 0.314 e. The first-order valence-corrected chi connectivity index (χ1v) is 7.29. The predicted octanol–water partition coefficient (Wildman–Crippen LogP) is 2.57. The summed E-state index contributed by atoms with van der Waals surface area (Å²) in [5, 5.41) is 5.69. The highest BCUT2D eigenvalue weighted by Crippen LogP contribution is 2.10. The van der Waals surface area contributed by atoms with Crippen molar-refractivity contribution >= 4 is 6.03 Å². The number of nitrogens with one attached hydrogen (secondary N) is 2. The van der Waals surface area contributed by atoms with E-state index in [0.717, 1.165) is 19.4 Å². The van der Waals surface area contributed by atoms with Gasteiger partial charge in [-0.1, -0.05) is 23.8 Å². The second-order valence-electron chi connectivity index (χ2n) is 4.91. The third kappa shape index (κ3) is 6.57. The molecule has 0 saturated heterocycles. The van der Waals surface area contributed by atoms with Crippen molar-refractivity contribution in [2.75, 3.05) is 26.3 Å². The number of hydrogen-bond acceptors (Lipinski definition) is 2. The van der Waals surface area contributed by atoms with Gasteiger partial charge < -0.3 is 15.4 Å². The molecule has 2 amide bonds. The van der Waals surface area contributed by atoms with Gasteiger partial charge in [-0.15, -0.1) is 0 Å². The number of urea groups is 1. The highest BCUT2D eigenvalue weighted by atomic mass is 16.5. The van der Waals surface area contributed by atoms with Crippen LogP contribution in [0.5, 0.6) is 0 Å². The van der Waals surface area contributed by atoms with E-state index in [2.05, 4.69) is 42.7 Å². The van der Waals surface area contributed by atoms with E-state index in [1.54, 1.807) is 0 Å². The van der Waals surface area contributed by atoms with Crippen LogP contribution >= 0.6 is 0 Å². The van der Waals surface area contributed by atoms with E-state index in [9.17, 15) is 4.79 Å². The Balaban J connectivity index is 2.15. The zero-order valence-electron chi connectivity index (χ0n) is 12.8. The van der Waals surface area contributed by atoms with Crippen LogP contribution in [0, 0.1) is 13.8 Å². The minimum absolute atomic E-state index is 0.105. The Labute approximate surface area is 121 Å². The lowest BCUT2D eigenvalue weighted by Gasteiger charge is -2.09. The molecular formula is C16H26N2O2. The molecule has 0 unspecified atom stereocenters. The monoisotopic (exact) mass is 278 g/mol. The van der Waals surface area contributed by atoms with Gasteiger partial charge in [0.1, 0.15) is 0 Å². The zero-order chi connectivity index (χ0) is 14.8. The average Bonchev–Trinajstić information content (AvgIpc) is 2.41. The van der Waals surface area contributed by atoms with Crippen molar-refractivity contribution in [3.8, 4) is 0 Å². The van der Waals surface area contributed by atoms with Crippen molar-refractivity contribution in [1.29, 1.82) is 0 Å². The van der Waals surface area contributed by atoms with Gasteiger partial charge in [-0.25, -0.2) is 4.79 Å². The van der Waals surface area contributed by atoms with Gasteiger partial charge in [-0.2, -0.15) is 0 Å². The van der Waals surface area contributed by atoms with E-state index in [4.69, 9.17) is 4.74 Å². The maximum absolute atomic E-state index is 11.5. The summed E-state index contributed by atoms with van der Waals surface area (Å²) in [7, 11) is 0. The molecule has 0 saturated carbocycles. The summed E-state index contributed by atoms with van der Waals surface area (Å²) < 4.78 is 5.21. The van der Waals surface area contributed by atoms with Crippen molar-refractivity contribution in [1.82, 2.24) is 10.6 Å². The van der Waals surface area contributed by atoms with Gasteiger partial charge in [0.25, 0.3) is 0 Å². The van der Waals surface area contributed by atoms with E-state index in [1.165, 1.54) is 16.7 Å². The minimum atomic E-state index is -0.105. The number of rotatable bonds is 8. The Morgan fingerprint density at radius 3 is 2.65 bits per heavy atom. The van der Waals surface area contributed by atoms with E-state index in [1.807, 2.05) is 6.92 Å². The van der Waals surface area contributed by atoms with Gasteiger partial charge in [-0.05, 0) is 44.7 Å².